The summed E-state index contributed by atoms with van der Waals surface area (Å²) in [5, 5.41) is 1.09. The molecule has 0 radical (unpaired) electrons. The van der Waals surface area contributed by atoms with Crippen molar-refractivity contribution in [3.63, 3.8) is 0 Å². The number of hydrogen-bond donors (Lipinski definition) is 2. The van der Waals surface area contributed by atoms with Crippen LogP contribution in [0.15, 0.2) is 51.4 Å². The van der Waals surface area contributed by atoms with E-state index >= 15 is 0 Å². The van der Waals surface area contributed by atoms with Crippen LogP contribution in [0, 0.1) is 13.8 Å². The van der Waals surface area contributed by atoms with E-state index in [2.05, 4.69) is 46.5 Å². The van der Waals surface area contributed by atoms with E-state index in [4.69, 9.17) is 10.3 Å². The summed E-state index contributed by atoms with van der Waals surface area (Å²) < 4.78 is 7.04. The first kappa shape index (κ1) is 14.3. The predicted octanol–water partition coefficient (Wildman–Crippen LogP) is 4.36. The standard InChI is InChI=1S/C17H17BrN2O/c1-10-6-7-13(14(18)8-10)16(20-19)15-9-12-5-3-4-11(2)17(12)21-15/h3-9,16,20H,19H2,1-2H3. The van der Waals surface area contributed by atoms with Crippen molar-refractivity contribution >= 4 is 26.9 Å². The first-order chi connectivity index (χ1) is 10.1. The van der Waals surface area contributed by atoms with Crippen LogP contribution in [0.4, 0.5) is 0 Å². The lowest BCUT2D eigenvalue weighted by molar-refractivity contribution is 0.475. The molecule has 3 rings (SSSR count). The number of para-hydroxylation sites is 1. The number of aryl methyl sites for hydroxylation is 2. The SMILES string of the molecule is Cc1ccc(C(NN)c2cc3cccc(C)c3o2)c(Br)c1. The molecule has 108 valence electrons. The minimum Gasteiger partial charge on any atom is -0.459 e. The van der Waals surface area contributed by atoms with Crippen LogP contribution >= 0.6 is 15.9 Å². The Morgan fingerprint density at radius 1 is 1.14 bits per heavy atom. The van der Waals surface area contributed by atoms with Crippen LogP contribution in [0.2, 0.25) is 0 Å². The van der Waals surface area contributed by atoms with E-state index in [1.165, 1.54) is 5.56 Å². The fraction of sp³-hybridized carbons (Fsp3) is 0.176. The summed E-state index contributed by atoms with van der Waals surface area (Å²) in [5.41, 5.74) is 7.14. The molecule has 3 aromatic rings. The van der Waals surface area contributed by atoms with Gasteiger partial charge in [-0.15, -0.1) is 0 Å². The van der Waals surface area contributed by atoms with E-state index in [0.29, 0.717) is 0 Å². The third-order valence-corrected chi connectivity index (χ3v) is 4.36. The molecule has 0 saturated heterocycles. The van der Waals surface area contributed by atoms with E-state index in [1.807, 2.05) is 31.2 Å². The molecule has 0 saturated carbocycles. The Balaban J connectivity index is 2.11. The largest absolute Gasteiger partial charge is 0.459 e. The van der Waals surface area contributed by atoms with Gasteiger partial charge < -0.3 is 4.42 Å². The number of rotatable bonds is 3. The van der Waals surface area contributed by atoms with E-state index in [1.54, 1.807) is 0 Å². The number of furan rings is 1. The van der Waals surface area contributed by atoms with E-state index in [-0.39, 0.29) is 6.04 Å². The highest BCUT2D eigenvalue weighted by molar-refractivity contribution is 9.10. The molecule has 2 aromatic carbocycles. The average Bonchev–Trinajstić information content (AvgIpc) is 2.87. The molecule has 1 aromatic heterocycles. The second-order valence-corrected chi connectivity index (χ2v) is 6.12. The van der Waals surface area contributed by atoms with Gasteiger partial charge in [0, 0.05) is 9.86 Å². The molecule has 1 unspecified atom stereocenters. The quantitative estimate of drug-likeness (QED) is 0.548. The predicted molar refractivity (Wildman–Crippen MR) is 89.0 cm³/mol. The maximum atomic E-state index is 6.03. The Morgan fingerprint density at radius 3 is 2.62 bits per heavy atom. The van der Waals surface area contributed by atoms with Crippen LogP contribution in [0.3, 0.4) is 0 Å². The Hall–Kier alpha value is -1.62. The first-order valence-corrected chi connectivity index (χ1v) is 7.60. The molecule has 0 bridgehead atoms. The van der Waals surface area contributed by atoms with Crippen molar-refractivity contribution in [3.8, 4) is 0 Å². The van der Waals surface area contributed by atoms with Gasteiger partial charge in [0.2, 0.25) is 0 Å². The molecule has 0 amide bonds. The molecule has 0 aliphatic heterocycles. The molecule has 0 fully saturated rings. The lowest BCUT2D eigenvalue weighted by atomic mass is 10.0. The lowest BCUT2D eigenvalue weighted by Crippen LogP contribution is -2.28. The maximum Gasteiger partial charge on any atom is 0.137 e. The Kier molecular flexibility index (Phi) is 3.85. The molecule has 1 heterocycles. The van der Waals surface area contributed by atoms with Crippen molar-refractivity contribution < 1.29 is 4.42 Å². The van der Waals surface area contributed by atoms with Crippen molar-refractivity contribution in [2.45, 2.75) is 19.9 Å². The minimum atomic E-state index is -0.188. The number of nitrogens with one attached hydrogen (secondary N) is 1. The Labute approximate surface area is 132 Å². The number of benzene rings is 2. The molecular weight excluding hydrogens is 328 g/mol. The van der Waals surface area contributed by atoms with Gasteiger partial charge in [0.05, 0.1) is 0 Å². The topological polar surface area (TPSA) is 51.2 Å². The average molecular weight is 345 g/mol. The molecule has 3 nitrogen and oxygen atoms in total. The summed E-state index contributed by atoms with van der Waals surface area (Å²) in [6.07, 6.45) is 0. The van der Waals surface area contributed by atoms with Crippen LogP contribution in [0.1, 0.15) is 28.5 Å². The van der Waals surface area contributed by atoms with Gasteiger partial charge in [-0.3, -0.25) is 5.84 Å². The highest BCUT2D eigenvalue weighted by Gasteiger charge is 2.20. The number of fused-ring (bicyclic) bond motifs is 1. The molecule has 0 aliphatic rings. The Bertz CT molecular complexity index is 795. The van der Waals surface area contributed by atoms with E-state index in [9.17, 15) is 0 Å². The summed E-state index contributed by atoms with van der Waals surface area (Å²) in [4.78, 5) is 0. The van der Waals surface area contributed by atoms with Gasteiger partial charge in [-0.25, -0.2) is 5.43 Å². The highest BCUT2D eigenvalue weighted by Crippen LogP contribution is 2.33. The van der Waals surface area contributed by atoms with Gasteiger partial charge >= 0.3 is 0 Å². The Morgan fingerprint density at radius 2 is 1.95 bits per heavy atom. The number of hydrazine groups is 1. The second-order valence-electron chi connectivity index (χ2n) is 5.27. The maximum absolute atomic E-state index is 6.03. The fourth-order valence-electron chi connectivity index (χ4n) is 2.56. The van der Waals surface area contributed by atoms with Crippen LogP contribution in [-0.4, -0.2) is 0 Å². The van der Waals surface area contributed by atoms with Gasteiger partial charge in [0.15, 0.2) is 0 Å². The van der Waals surface area contributed by atoms with Crippen molar-refractivity contribution in [2.24, 2.45) is 5.84 Å². The van der Waals surface area contributed by atoms with Crippen LogP contribution in [0.5, 0.6) is 0 Å². The summed E-state index contributed by atoms with van der Waals surface area (Å²) in [6, 6.07) is 14.2. The smallest absolute Gasteiger partial charge is 0.137 e. The molecule has 0 spiro atoms. The molecular formula is C17H17BrN2O. The van der Waals surface area contributed by atoms with Gasteiger partial charge in [0.1, 0.15) is 17.4 Å². The van der Waals surface area contributed by atoms with Crippen LogP contribution < -0.4 is 11.3 Å². The minimum absolute atomic E-state index is 0.188. The monoisotopic (exact) mass is 344 g/mol. The fourth-order valence-corrected chi connectivity index (χ4v) is 3.28. The van der Waals surface area contributed by atoms with Crippen molar-refractivity contribution in [3.05, 3.63) is 69.4 Å². The van der Waals surface area contributed by atoms with Crippen molar-refractivity contribution in [2.75, 3.05) is 0 Å². The van der Waals surface area contributed by atoms with E-state index in [0.717, 1.165) is 32.3 Å². The third-order valence-electron chi connectivity index (χ3n) is 3.68. The van der Waals surface area contributed by atoms with Gasteiger partial charge in [0.25, 0.3) is 0 Å². The molecule has 0 aliphatic carbocycles. The zero-order chi connectivity index (χ0) is 15.0. The first-order valence-electron chi connectivity index (χ1n) is 6.81. The number of nitrogens with two attached hydrogens (primary N) is 1. The zero-order valence-corrected chi connectivity index (χ0v) is 13.6. The second kappa shape index (κ2) is 5.64. The normalized spacial score (nSPS) is 12.8. The lowest BCUT2D eigenvalue weighted by Gasteiger charge is -2.16. The van der Waals surface area contributed by atoms with Crippen LogP contribution in [-0.2, 0) is 0 Å². The highest BCUT2D eigenvalue weighted by atomic mass is 79.9. The summed E-state index contributed by atoms with van der Waals surface area (Å²) >= 11 is 3.61. The summed E-state index contributed by atoms with van der Waals surface area (Å²) in [5.74, 6) is 6.58. The molecule has 21 heavy (non-hydrogen) atoms. The van der Waals surface area contributed by atoms with Gasteiger partial charge in [-0.2, -0.15) is 0 Å². The zero-order valence-electron chi connectivity index (χ0n) is 12.0. The third kappa shape index (κ3) is 2.62. The molecule has 4 heteroatoms. The van der Waals surface area contributed by atoms with Crippen molar-refractivity contribution in [1.29, 1.82) is 0 Å². The molecule has 1 atom stereocenters. The van der Waals surface area contributed by atoms with Gasteiger partial charge in [-0.05, 0) is 42.7 Å². The van der Waals surface area contributed by atoms with Crippen molar-refractivity contribution in [1.82, 2.24) is 5.43 Å². The number of hydrogen-bond acceptors (Lipinski definition) is 3. The number of halogens is 1. The summed E-state index contributed by atoms with van der Waals surface area (Å²) in [6.45, 7) is 4.10. The van der Waals surface area contributed by atoms with Crippen LogP contribution in [0.25, 0.3) is 11.0 Å². The van der Waals surface area contributed by atoms with E-state index < -0.39 is 0 Å². The summed E-state index contributed by atoms with van der Waals surface area (Å²) in [7, 11) is 0. The molecule has 3 N–H and O–H groups in total. The van der Waals surface area contributed by atoms with Gasteiger partial charge in [-0.1, -0.05) is 46.3 Å².